The molecule has 0 aliphatic carbocycles. The summed E-state index contributed by atoms with van der Waals surface area (Å²) in [6, 6.07) is 13.1. The molecule has 0 saturated carbocycles. The molecule has 3 rings (SSSR count). The molecule has 0 unspecified atom stereocenters. The minimum Gasteiger partial charge on any atom is -0.508 e. The van der Waals surface area contributed by atoms with Crippen LogP contribution in [0.3, 0.4) is 0 Å². The number of imidazole rings is 1. The zero-order valence-electron chi connectivity index (χ0n) is 11.9. The van der Waals surface area contributed by atoms with Gasteiger partial charge in [0.2, 0.25) is 0 Å². The van der Waals surface area contributed by atoms with E-state index in [-0.39, 0.29) is 5.75 Å². The molecule has 3 aromatic rings. The molecular formula is C17H17N3O. The van der Waals surface area contributed by atoms with Crippen LogP contribution >= 0.6 is 0 Å². The number of nitrogens with one attached hydrogen (secondary N) is 1. The van der Waals surface area contributed by atoms with E-state index in [1.807, 2.05) is 47.9 Å². The summed E-state index contributed by atoms with van der Waals surface area (Å²) in [5, 5.41) is 12.6. The van der Waals surface area contributed by atoms with Gasteiger partial charge in [0.25, 0.3) is 0 Å². The molecule has 106 valence electrons. The molecule has 2 heterocycles. The first kappa shape index (κ1) is 13.2. The molecule has 0 bridgehead atoms. The predicted molar refractivity (Wildman–Crippen MR) is 83.9 cm³/mol. The quantitative estimate of drug-likeness (QED) is 0.771. The molecule has 1 aromatic carbocycles. The monoisotopic (exact) mass is 279 g/mol. The first-order chi connectivity index (χ1) is 10.1. The third-order valence-corrected chi connectivity index (χ3v) is 3.43. The Bertz CT molecular complexity index is 787. The number of nitrogens with zero attached hydrogens (tertiary/aromatic N) is 2. The van der Waals surface area contributed by atoms with Crippen molar-refractivity contribution in [2.75, 3.05) is 0 Å². The molecule has 21 heavy (non-hydrogen) atoms. The van der Waals surface area contributed by atoms with Crippen molar-refractivity contribution < 1.29 is 5.11 Å². The van der Waals surface area contributed by atoms with Crippen LogP contribution < -0.4 is 5.32 Å². The standard InChI is InChI=1S/C17H17N3O/c1-12(18-11-14-6-8-15(21)9-7-14)17-13(2)19-16-5-3-4-10-20(16)17/h3-10,18,21H,1,11H2,2H3. The molecule has 0 aliphatic rings. The molecule has 2 N–H and O–H groups in total. The Morgan fingerprint density at radius 1 is 1.24 bits per heavy atom. The maximum absolute atomic E-state index is 9.29. The SMILES string of the molecule is C=C(NCc1ccc(O)cc1)c1c(C)nc2ccccn12. The average Bonchev–Trinajstić information content (AvgIpc) is 2.82. The van der Waals surface area contributed by atoms with Gasteiger partial charge in [0.1, 0.15) is 11.4 Å². The van der Waals surface area contributed by atoms with Crippen molar-refractivity contribution in [3.63, 3.8) is 0 Å². The van der Waals surface area contributed by atoms with E-state index in [4.69, 9.17) is 0 Å². The Morgan fingerprint density at radius 3 is 2.76 bits per heavy atom. The molecule has 2 aromatic heterocycles. The van der Waals surface area contributed by atoms with E-state index in [1.54, 1.807) is 12.1 Å². The lowest BCUT2D eigenvalue weighted by Crippen LogP contribution is -2.13. The maximum Gasteiger partial charge on any atom is 0.137 e. The van der Waals surface area contributed by atoms with Gasteiger partial charge in [-0.25, -0.2) is 4.98 Å². The van der Waals surface area contributed by atoms with Crippen LogP contribution in [0, 0.1) is 6.92 Å². The molecule has 0 spiro atoms. The smallest absolute Gasteiger partial charge is 0.137 e. The van der Waals surface area contributed by atoms with E-state index in [1.165, 1.54) is 0 Å². The average molecular weight is 279 g/mol. The predicted octanol–water partition coefficient (Wildman–Crippen LogP) is 3.11. The highest BCUT2D eigenvalue weighted by molar-refractivity contribution is 5.64. The molecule has 4 heteroatoms. The van der Waals surface area contributed by atoms with Crippen molar-refractivity contribution in [3.05, 3.63) is 72.2 Å². The Balaban J connectivity index is 1.81. The molecule has 0 radical (unpaired) electrons. The fourth-order valence-corrected chi connectivity index (χ4v) is 2.38. The molecule has 0 aliphatic heterocycles. The van der Waals surface area contributed by atoms with Gasteiger partial charge < -0.3 is 10.4 Å². The van der Waals surface area contributed by atoms with E-state index in [2.05, 4.69) is 16.9 Å². The summed E-state index contributed by atoms with van der Waals surface area (Å²) < 4.78 is 2.03. The Kier molecular flexibility index (Phi) is 3.36. The van der Waals surface area contributed by atoms with E-state index in [9.17, 15) is 5.11 Å². The second kappa shape index (κ2) is 5.32. The summed E-state index contributed by atoms with van der Waals surface area (Å²) in [5.41, 5.74) is 4.77. The molecule has 4 nitrogen and oxygen atoms in total. The number of aryl methyl sites for hydroxylation is 1. The van der Waals surface area contributed by atoms with Crippen LogP contribution in [0.15, 0.2) is 55.2 Å². The van der Waals surface area contributed by atoms with Gasteiger partial charge in [-0.1, -0.05) is 24.8 Å². The van der Waals surface area contributed by atoms with Crippen molar-refractivity contribution in [3.8, 4) is 5.75 Å². The highest BCUT2D eigenvalue weighted by atomic mass is 16.3. The van der Waals surface area contributed by atoms with Crippen molar-refractivity contribution >= 4 is 11.3 Å². The lowest BCUT2D eigenvalue weighted by Gasteiger charge is -2.10. The molecule has 0 saturated heterocycles. The fraction of sp³-hybridized carbons (Fsp3) is 0.118. The lowest BCUT2D eigenvalue weighted by atomic mass is 10.2. The van der Waals surface area contributed by atoms with Crippen LogP contribution in [-0.4, -0.2) is 14.5 Å². The van der Waals surface area contributed by atoms with Gasteiger partial charge in [0, 0.05) is 12.7 Å². The number of aromatic nitrogens is 2. The molecule has 0 amide bonds. The Morgan fingerprint density at radius 2 is 2.00 bits per heavy atom. The largest absolute Gasteiger partial charge is 0.508 e. The zero-order valence-corrected chi connectivity index (χ0v) is 11.9. The van der Waals surface area contributed by atoms with E-state index < -0.39 is 0 Å². The number of aromatic hydroxyl groups is 1. The fourth-order valence-electron chi connectivity index (χ4n) is 2.38. The lowest BCUT2D eigenvalue weighted by molar-refractivity contribution is 0.475. The Labute approximate surface area is 123 Å². The highest BCUT2D eigenvalue weighted by Crippen LogP contribution is 2.18. The van der Waals surface area contributed by atoms with Gasteiger partial charge in [-0.3, -0.25) is 4.40 Å². The third-order valence-electron chi connectivity index (χ3n) is 3.43. The number of benzene rings is 1. The highest BCUT2D eigenvalue weighted by Gasteiger charge is 2.10. The normalized spacial score (nSPS) is 10.7. The van der Waals surface area contributed by atoms with Crippen molar-refractivity contribution in [1.82, 2.24) is 14.7 Å². The van der Waals surface area contributed by atoms with E-state index in [0.717, 1.165) is 28.3 Å². The summed E-state index contributed by atoms with van der Waals surface area (Å²) in [6.07, 6.45) is 1.98. The summed E-state index contributed by atoms with van der Waals surface area (Å²) >= 11 is 0. The number of hydrogen-bond acceptors (Lipinski definition) is 3. The number of fused-ring (bicyclic) bond motifs is 1. The molecule has 0 atom stereocenters. The van der Waals surface area contributed by atoms with E-state index >= 15 is 0 Å². The van der Waals surface area contributed by atoms with Gasteiger partial charge in [-0.05, 0) is 36.8 Å². The van der Waals surface area contributed by atoms with Gasteiger partial charge in [0.15, 0.2) is 0 Å². The van der Waals surface area contributed by atoms with Crippen LogP contribution in [0.4, 0.5) is 0 Å². The van der Waals surface area contributed by atoms with Crippen LogP contribution in [0.2, 0.25) is 0 Å². The van der Waals surface area contributed by atoms with Gasteiger partial charge >= 0.3 is 0 Å². The summed E-state index contributed by atoms with van der Waals surface area (Å²) in [5.74, 6) is 0.273. The Hall–Kier alpha value is -2.75. The number of rotatable bonds is 4. The number of hydrogen-bond donors (Lipinski definition) is 2. The molecular weight excluding hydrogens is 262 g/mol. The van der Waals surface area contributed by atoms with Crippen LogP contribution in [-0.2, 0) is 6.54 Å². The van der Waals surface area contributed by atoms with Crippen molar-refractivity contribution in [2.24, 2.45) is 0 Å². The number of phenolic OH excluding ortho intramolecular Hbond substituents is 1. The second-order valence-electron chi connectivity index (χ2n) is 4.97. The topological polar surface area (TPSA) is 49.6 Å². The van der Waals surface area contributed by atoms with Crippen molar-refractivity contribution in [2.45, 2.75) is 13.5 Å². The maximum atomic E-state index is 9.29. The van der Waals surface area contributed by atoms with Gasteiger partial charge in [-0.2, -0.15) is 0 Å². The first-order valence-corrected chi connectivity index (χ1v) is 6.80. The number of phenols is 1. The third kappa shape index (κ3) is 2.60. The second-order valence-corrected chi connectivity index (χ2v) is 4.97. The van der Waals surface area contributed by atoms with E-state index in [0.29, 0.717) is 6.54 Å². The van der Waals surface area contributed by atoms with Crippen molar-refractivity contribution in [1.29, 1.82) is 0 Å². The minimum atomic E-state index is 0.273. The van der Waals surface area contributed by atoms with Crippen LogP contribution in [0.25, 0.3) is 11.3 Å². The summed E-state index contributed by atoms with van der Waals surface area (Å²) in [7, 11) is 0. The molecule has 0 fully saturated rings. The van der Waals surface area contributed by atoms with Crippen LogP contribution in [0.1, 0.15) is 17.0 Å². The van der Waals surface area contributed by atoms with Crippen LogP contribution in [0.5, 0.6) is 5.75 Å². The first-order valence-electron chi connectivity index (χ1n) is 6.80. The number of pyridine rings is 1. The summed E-state index contributed by atoms with van der Waals surface area (Å²) in [6.45, 7) is 6.75. The summed E-state index contributed by atoms with van der Waals surface area (Å²) in [4.78, 5) is 4.53. The van der Waals surface area contributed by atoms with Gasteiger partial charge in [0.05, 0.1) is 17.1 Å². The minimum absolute atomic E-state index is 0.273. The van der Waals surface area contributed by atoms with Gasteiger partial charge in [-0.15, -0.1) is 0 Å². The zero-order chi connectivity index (χ0) is 14.8.